The third kappa shape index (κ3) is 4.90. The molecule has 3 aliphatic carbocycles. The Labute approximate surface area is 176 Å². The van der Waals surface area contributed by atoms with Gasteiger partial charge in [0.15, 0.2) is 5.78 Å². The van der Waals surface area contributed by atoms with Crippen molar-refractivity contribution < 1.29 is 19.5 Å². The van der Waals surface area contributed by atoms with Crippen LogP contribution in [0.3, 0.4) is 0 Å². The van der Waals surface area contributed by atoms with E-state index in [1.165, 1.54) is 6.42 Å². The minimum atomic E-state index is -0.739. The quantitative estimate of drug-likeness (QED) is 0.525. The zero-order valence-electron chi connectivity index (χ0n) is 17.1. The Balaban J connectivity index is 1.32. The first-order chi connectivity index (χ1) is 14.0. The van der Waals surface area contributed by atoms with E-state index in [0.29, 0.717) is 17.7 Å². The van der Waals surface area contributed by atoms with E-state index >= 15 is 0 Å². The Bertz CT molecular complexity index is 635. The maximum Gasteiger partial charge on any atom is 0.335 e. The van der Waals surface area contributed by atoms with E-state index in [1.54, 1.807) is 5.01 Å². The van der Waals surface area contributed by atoms with Crippen LogP contribution in [0.2, 0.25) is 0 Å². The number of hydrogen-bond acceptors (Lipinski definition) is 5. The van der Waals surface area contributed by atoms with Crippen molar-refractivity contribution in [3.63, 3.8) is 0 Å². The summed E-state index contributed by atoms with van der Waals surface area (Å²) in [6.07, 6.45) is 10.5. The maximum atomic E-state index is 13.0. The second kappa shape index (κ2) is 9.25. The monoisotopic (exact) mass is 423 g/mol. The van der Waals surface area contributed by atoms with Crippen LogP contribution < -0.4 is 5.43 Å². The molecule has 0 bridgehead atoms. The summed E-state index contributed by atoms with van der Waals surface area (Å²) in [5, 5.41) is 11.0. The van der Waals surface area contributed by atoms with Crippen molar-refractivity contribution in [1.29, 1.82) is 0 Å². The number of amides is 2. The van der Waals surface area contributed by atoms with Gasteiger partial charge in [0.05, 0.1) is 18.6 Å². The lowest BCUT2D eigenvalue weighted by atomic mass is 9.86. The third-order valence-electron chi connectivity index (χ3n) is 6.88. The number of carbonyl (C=O) groups excluding carboxylic acids is 2. The highest BCUT2D eigenvalue weighted by atomic mass is 32.2. The third-order valence-corrected chi connectivity index (χ3v) is 8.26. The molecule has 0 radical (unpaired) electrons. The molecule has 3 saturated carbocycles. The van der Waals surface area contributed by atoms with Crippen LogP contribution in [0.5, 0.6) is 0 Å². The molecule has 2 amide bonds. The Morgan fingerprint density at radius 3 is 2.48 bits per heavy atom. The zero-order valence-corrected chi connectivity index (χ0v) is 17.9. The van der Waals surface area contributed by atoms with Gasteiger partial charge in [-0.3, -0.25) is 14.6 Å². The molecule has 1 saturated heterocycles. The molecule has 4 fully saturated rings. The molecular weight excluding hydrogens is 390 g/mol. The number of carboxylic acids is 1. The van der Waals surface area contributed by atoms with Crippen molar-refractivity contribution in [2.45, 2.75) is 94.0 Å². The number of carbonyl (C=O) groups is 3. The molecule has 7 nitrogen and oxygen atoms in total. The van der Waals surface area contributed by atoms with Crippen LogP contribution in [0, 0.1) is 5.92 Å². The van der Waals surface area contributed by atoms with Gasteiger partial charge in [-0.05, 0) is 50.7 Å². The van der Waals surface area contributed by atoms with Gasteiger partial charge in [0.1, 0.15) is 0 Å². The molecule has 0 aromatic rings. The average Bonchev–Trinajstić information content (AvgIpc) is 3.40. The standard InChI is InChI=1S/C21H33N3O4S/c25-19(14-5-2-1-3-6-14)13-22-24-18-12-16(29-10-4-7-20(26)27)11-17(18)23(21(24)28)15-8-9-15/h14-18,22H,1-13H2,(H,26,27). The van der Waals surface area contributed by atoms with Gasteiger partial charge in [-0.2, -0.15) is 11.8 Å². The number of urea groups is 1. The highest BCUT2D eigenvalue weighted by Crippen LogP contribution is 2.44. The Kier molecular flexibility index (Phi) is 6.69. The number of nitrogens with one attached hydrogen (secondary N) is 1. The summed E-state index contributed by atoms with van der Waals surface area (Å²) in [6, 6.07) is 0.767. The van der Waals surface area contributed by atoms with Crippen molar-refractivity contribution in [1.82, 2.24) is 15.3 Å². The molecular formula is C21H33N3O4S. The molecule has 1 aliphatic heterocycles. The molecule has 0 spiro atoms. The second-order valence-electron chi connectivity index (χ2n) is 9.02. The topological polar surface area (TPSA) is 89.9 Å². The molecule has 2 N–H and O–H groups in total. The van der Waals surface area contributed by atoms with E-state index in [1.807, 2.05) is 11.8 Å². The number of Topliss-reactive ketones (excluding diaryl/α,β-unsaturated/α-hetero) is 1. The van der Waals surface area contributed by atoms with E-state index in [0.717, 1.165) is 57.1 Å². The molecule has 162 valence electrons. The number of aliphatic carboxylic acids is 1. The SMILES string of the molecule is O=C(O)CCCSC1CC2C(C1)N(C1CC1)C(=O)N2NCC(=O)C1CCCCC1. The van der Waals surface area contributed by atoms with E-state index in [4.69, 9.17) is 5.11 Å². The Hall–Kier alpha value is -1.28. The fourth-order valence-corrected chi connectivity index (χ4v) is 6.55. The molecule has 29 heavy (non-hydrogen) atoms. The summed E-state index contributed by atoms with van der Waals surface area (Å²) in [4.78, 5) is 38.4. The van der Waals surface area contributed by atoms with Crippen molar-refractivity contribution in [3.8, 4) is 0 Å². The van der Waals surface area contributed by atoms with Gasteiger partial charge in [-0.15, -0.1) is 0 Å². The van der Waals surface area contributed by atoms with E-state index in [9.17, 15) is 14.4 Å². The van der Waals surface area contributed by atoms with Crippen LogP contribution in [0.15, 0.2) is 0 Å². The smallest absolute Gasteiger partial charge is 0.335 e. The lowest BCUT2D eigenvalue weighted by Gasteiger charge is -2.26. The van der Waals surface area contributed by atoms with Crippen LogP contribution in [-0.2, 0) is 9.59 Å². The summed E-state index contributed by atoms with van der Waals surface area (Å²) in [5.74, 6) is 0.515. The van der Waals surface area contributed by atoms with Gasteiger partial charge in [0, 0.05) is 23.6 Å². The van der Waals surface area contributed by atoms with Gasteiger partial charge in [0.25, 0.3) is 0 Å². The minimum absolute atomic E-state index is 0.0493. The van der Waals surface area contributed by atoms with E-state index in [2.05, 4.69) is 10.3 Å². The second-order valence-corrected chi connectivity index (χ2v) is 10.4. The number of hydrogen-bond donors (Lipinski definition) is 2. The Morgan fingerprint density at radius 1 is 1.07 bits per heavy atom. The van der Waals surface area contributed by atoms with Crippen molar-refractivity contribution in [2.75, 3.05) is 12.3 Å². The van der Waals surface area contributed by atoms with Crippen LogP contribution in [0.1, 0.15) is 70.6 Å². The number of rotatable bonds is 10. The highest BCUT2D eigenvalue weighted by molar-refractivity contribution is 7.99. The molecule has 3 atom stereocenters. The van der Waals surface area contributed by atoms with Gasteiger partial charge >= 0.3 is 12.0 Å². The first-order valence-electron chi connectivity index (χ1n) is 11.3. The number of thioether (sulfide) groups is 1. The van der Waals surface area contributed by atoms with Crippen LogP contribution in [0.25, 0.3) is 0 Å². The van der Waals surface area contributed by atoms with Gasteiger partial charge in [-0.25, -0.2) is 10.2 Å². The normalized spacial score (nSPS) is 30.1. The zero-order chi connectivity index (χ0) is 20.4. The summed E-state index contributed by atoms with van der Waals surface area (Å²) < 4.78 is 0. The first-order valence-corrected chi connectivity index (χ1v) is 12.3. The van der Waals surface area contributed by atoms with Crippen LogP contribution in [-0.4, -0.2) is 68.5 Å². The Morgan fingerprint density at radius 2 is 1.79 bits per heavy atom. The molecule has 4 rings (SSSR count). The number of hydrazine groups is 1. The predicted molar refractivity (Wildman–Crippen MR) is 112 cm³/mol. The van der Waals surface area contributed by atoms with Crippen LogP contribution >= 0.6 is 11.8 Å². The van der Waals surface area contributed by atoms with Gasteiger partial charge in [-0.1, -0.05) is 19.3 Å². The summed E-state index contributed by atoms with van der Waals surface area (Å²) in [5.41, 5.74) is 3.22. The summed E-state index contributed by atoms with van der Waals surface area (Å²) in [7, 11) is 0. The van der Waals surface area contributed by atoms with Crippen molar-refractivity contribution in [3.05, 3.63) is 0 Å². The lowest BCUT2D eigenvalue weighted by molar-refractivity contribution is -0.137. The molecule has 3 unspecified atom stereocenters. The number of carboxylic acid groups (broad SMARTS) is 1. The van der Waals surface area contributed by atoms with E-state index in [-0.39, 0.29) is 42.8 Å². The molecule has 8 heteroatoms. The van der Waals surface area contributed by atoms with Crippen LogP contribution in [0.4, 0.5) is 4.79 Å². The predicted octanol–water partition coefficient (Wildman–Crippen LogP) is 3.04. The molecule has 0 aromatic heterocycles. The summed E-state index contributed by atoms with van der Waals surface area (Å²) >= 11 is 1.84. The average molecular weight is 424 g/mol. The number of fused-ring (bicyclic) bond motifs is 1. The molecule has 1 heterocycles. The van der Waals surface area contributed by atoms with Gasteiger partial charge < -0.3 is 10.0 Å². The lowest BCUT2D eigenvalue weighted by Crippen LogP contribution is -2.48. The van der Waals surface area contributed by atoms with E-state index < -0.39 is 5.97 Å². The molecule has 0 aromatic carbocycles. The minimum Gasteiger partial charge on any atom is -0.481 e. The fraction of sp³-hybridized carbons (Fsp3) is 0.857. The van der Waals surface area contributed by atoms with Gasteiger partial charge in [0.2, 0.25) is 0 Å². The first kappa shape index (κ1) is 21.0. The number of nitrogens with zero attached hydrogens (tertiary/aromatic N) is 2. The maximum absolute atomic E-state index is 13.0. The number of ketones is 1. The van der Waals surface area contributed by atoms with Crippen molar-refractivity contribution >= 4 is 29.5 Å². The fourth-order valence-electron chi connectivity index (χ4n) is 5.24. The summed E-state index contributed by atoms with van der Waals surface area (Å²) in [6.45, 7) is 0.258. The molecule has 4 aliphatic rings. The van der Waals surface area contributed by atoms with Crippen molar-refractivity contribution in [2.24, 2.45) is 5.92 Å². The largest absolute Gasteiger partial charge is 0.481 e. The highest BCUT2D eigenvalue weighted by Gasteiger charge is 2.55.